The van der Waals surface area contributed by atoms with Gasteiger partial charge in [-0.05, 0) is 37.1 Å². The Kier molecular flexibility index (Phi) is 5.03. The third kappa shape index (κ3) is 4.09. The molecule has 0 aliphatic rings. The van der Waals surface area contributed by atoms with Crippen LogP contribution >= 0.6 is 15.9 Å². The number of rotatable bonds is 5. The molecule has 0 aromatic heterocycles. The molecular formula is C12H17BrOSi. The van der Waals surface area contributed by atoms with Crippen LogP contribution in [-0.4, -0.2) is 15.4 Å². The van der Waals surface area contributed by atoms with Gasteiger partial charge in [-0.1, -0.05) is 41.9 Å². The fourth-order valence-corrected chi connectivity index (χ4v) is 2.77. The third-order valence-corrected chi connectivity index (χ3v) is 4.37. The van der Waals surface area contributed by atoms with Gasteiger partial charge in [-0.25, -0.2) is 0 Å². The molecular weight excluding hydrogens is 268 g/mol. The summed E-state index contributed by atoms with van der Waals surface area (Å²) in [5.41, 5.74) is 0.0285. The summed E-state index contributed by atoms with van der Waals surface area (Å²) in [5, 5.41) is 1.25. The van der Waals surface area contributed by atoms with Gasteiger partial charge in [0.05, 0.1) is 5.60 Å². The van der Waals surface area contributed by atoms with Gasteiger partial charge < -0.3 is 4.43 Å². The minimum atomic E-state index is 0.0285. The maximum absolute atomic E-state index is 5.98. The second kappa shape index (κ2) is 5.82. The molecule has 0 aliphatic heterocycles. The van der Waals surface area contributed by atoms with Crippen LogP contribution in [0.4, 0.5) is 0 Å². The molecule has 0 N–H and O–H groups in total. The van der Waals surface area contributed by atoms with Crippen LogP contribution in [0.25, 0.3) is 0 Å². The van der Waals surface area contributed by atoms with E-state index in [1.807, 2.05) is 12.1 Å². The molecule has 1 nitrogen and oxygen atoms in total. The molecule has 2 radical (unpaired) electrons. The molecule has 0 saturated heterocycles. The van der Waals surface area contributed by atoms with Gasteiger partial charge in [0.2, 0.25) is 0 Å². The van der Waals surface area contributed by atoms with Gasteiger partial charge in [0.25, 0.3) is 9.76 Å². The van der Waals surface area contributed by atoms with Crippen LogP contribution in [0.2, 0.25) is 0 Å². The molecule has 0 saturated carbocycles. The normalized spacial score (nSPS) is 11.7. The molecule has 3 heteroatoms. The second-order valence-corrected chi connectivity index (χ2v) is 5.77. The van der Waals surface area contributed by atoms with Crippen LogP contribution in [0, 0.1) is 0 Å². The molecule has 0 aliphatic carbocycles. The Morgan fingerprint density at radius 1 is 1.33 bits per heavy atom. The lowest BCUT2D eigenvalue weighted by atomic mass is 10.0. The average molecular weight is 285 g/mol. The maximum atomic E-state index is 5.98. The lowest BCUT2D eigenvalue weighted by Crippen LogP contribution is -2.33. The van der Waals surface area contributed by atoms with E-state index in [2.05, 4.69) is 48.8 Å². The highest BCUT2D eigenvalue weighted by atomic mass is 79.9. The first-order valence-corrected chi connectivity index (χ1v) is 6.99. The van der Waals surface area contributed by atoms with Crippen molar-refractivity contribution in [3.8, 4) is 0 Å². The topological polar surface area (TPSA) is 9.23 Å². The Labute approximate surface area is 103 Å². The summed E-state index contributed by atoms with van der Waals surface area (Å²) in [6, 6.07) is 8.30. The quantitative estimate of drug-likeness (QED) is 0.754. The van der Waals surface area contributed by atoms with E-state index in [4.69, 9.17) is 4.43 Å². The van der Waals surface area contributed by atoms with Crippen molar-refractivity contribution in [3.05, 3.63) is 28.7 Å². The van der Waals surface area contributed by atoms with E-state index in [9.17, 15) is 0 Å². The predicted octanol–water partition coefficient (Wildman–Crippen LogP) is 3.29. The van der Waals surface area contributed by atoms with Gasteiger partial charge in [0.1, 0.15) is 0 Å². The van der Waals surface area contributed by atoms with E-state index in [-0.39, 0.29) is 5.60 Å². The van der Waals surface area contributed by atoms with Crippen molar-refractivity contribution in [1.82, 2.24) is 0 Å². The summed E-state index contributed by atoms with van der Waals surface area (Å²) in [4.78, 5) is 0. The second-order valence-electron chi connectivity index (χ2n) is 3.87. The summed E-state index contributed by atoms with van der Waals surface area (Å²) in [6.07, 6.45) is 2.12. The summed E-state index contributed by atoms with van der Waals surface area (Å²) >= 11 is 3.47. The van der Waals surface area contributed by atoms with E-state index >= 15 is 0 Å². The minimum absolute atomic E-state index is 0.0285. The molecule has 0 unspecified atom stereocenters. The summed E-state index contributed by atoms with van der Waals surface area (Å²) in [6.45, 7) is 6.53. The zero-order valence-corrected chi connectivity index (χ0v) is 12.1. The fraction of sp³-hybridized carbons (Fsp3) is 0.500. The van der Waals surface area contributed by atoms with Crippen molar-refractivity contribution in [3.63, 3.8) is 0 Å². The monoisotopic (exact) mass is 284 g/mol. The molecule has 1 aromatic rings. The molecule has 82 valence electrons. The SMILES string of the molecule is CCC(C)(CC)O[Si]c1cccc(Br)c1. The van der Waals surface area contributed by atoms with Crippen LogP contribution in [0.1, 0.15) is 33.6 Å². The summed E-state index contributed by atoms with van der Waals surface area (Å²) in [7, 11) is 0.436. The van der Waals surface area contributed by atoms with Gasteiger partial charge in [0.15, 0.2) is 0 Å². The standard InChI is InChI=1S/C12H17BrOSi/c1-4-12(3,5-2)14-15-11-8-6-7-10(13)9-11/h6-9H,4-5H2,1-3H3. The lowest BCUT2D eigenvalue weighted by molar-refractivity contribution is 0.0882. The molecule has 0 bridgehead atoms. The first-order chi connectivity index (χ1) is 7.09. The van der Waals surface area contributed by atoms with Gasteiger partial charge in [-0.2, -0.15) is 0 Å². The van der Waals surface area contributed by atoms with Crippen molar-refractivity contribution in [2.45, 2.75) is 39.2 Å². The number of hydrogen-bond acceptors (Lipinski definition) is 1. The fourth-order valence-electron chi connectivity index (χ4n) is 1.13. The highest BCUT2D eigenvalue weighted by Crippen LogP contribution is 2.18. The van der Waals surface area contributed by atoms with Crippen molar-refractivity contribution in [2.24, 2.45) is 0 Å². The highest BCUT2D eigenvalue weighted by Gasteiger charge is 2.20. The lowest BCUT2D eigenvalue weighted by Gasteiger charge is -2.27. The van der Waals surface area contributed by atoms with Crippen molar-refractivity contribution in [2.75, 3.05) is 0 Å². The number of halogens is 1. The van der Waals surface area contributed by atoms with E-state index < -0.39 is 0 Å². The Balaban J connectivity index is 2.56. The third-order valence-electron chi connectivity index (χ3n) is 2.74. The van der Waals surface area contributed by atoms with E-state index in [0.717, 1.165) is 17.3 Å². The van der Waals surface area contributed by atoms with E-state index in [0.29, 0.717) is 9.76 Å². The minimum Gasteiger partial charge on any atom is -0.406 e. The zero-order valence-electron chi connectivity index (χ0n) is 9.51. The van der Waals surface area contributed by atoms with E-state index in [1.54, 1.807) is 0 Å². The Hall–Kier alpha value is -0.123. The van der Waals surface area contributed by atoms with Crippen LogP contribution in [0.3, 0.4) is 0 Å². The Morgan fingerprint density at radius 2 is 2.00 bits per heavy atom. The molecule has 0 amide bonds. The van der Waals surface area contributed by atoms with Crippen LogP contribution in [-0.2, 0) is 4.43 Å². The van der Waals surface area contributed by atoms with E-state index in [1.165, 1.54) is 5.19 Å². The Bertz CT molecular complexity index is 310. The molecule has 0 atom stereocenters. The van der Waals surface area contributed by atoms with Gasteiger partial charge in [-0.15, -0.1) is 0 Å². The van der Waals surface area contributed by atoms with Gasteiger partial charge >= 0.3 is 0 Å². The van der Waals surface area contributed by atoms with Crippen molar-refractivity contribution < 1.29 is 4.43 Å². The van der Waals surface area contributed by atoms with Crippen molar-refractivity contribution in [1.29, 1.82) is 0 Å². The number of hydrogen-bond donors (Lipinski definition) is 0. The largest absolute Gasteiger partial charge is 0.406 e. The zero-order chi connectivity index (χ0) is 11.3. The molecule has 0 fully saturated rings. The first kappa shape index (κ1) is 12.9. The molecule has 15 heavy (non-hydrogen) atoms. The highest BCUT2D eigenvalue weighted by molar-refractivity contribution is 9.10. The summed E-state index contributed by atoms with van der Waals surface area (Å²) < 4.78 is 7.09. The van der Waals surface area contributed by atoms with Crippen LogP contribution < -0.4 is 5.19 Å². The summed E-state index contributed by atoms with van der Waals surface area (Å²) in [5.74, 6) is 0. The molecule has 1 rings (SSSR count). The van der Waals surface area contributed by atoms with Gasteiger partial charge in [-0.3, -0.25) is 0 Å². The molecule has 0 spiro atoms. The van der Waals surface area contributed by atoms with Gasteiger partial charge in [0, 0.05) is 4.47 Å². The van der Waals surface area contributed by atoms with Crippen LogP contribution in [0.15, 0.2) is 28.7 Å². The maximum Gasteiger partial charge on any atom is 0.269 e. The molecule has 1 aromatic carbocycles. The van der Waals surface area contributed by atoms with Crippen molar-refractivity contribution >= 4 is 30.9 Å². The number of benzene rings is 1. The average Bonchev–Trinajstić information content (AvgIpc) is 2.26. The predicted molar refractivity (Wildman–Crippen MR) is 69.6 cm³/mol. The Morgan fingerprint density at radius 3 is 2.53 bits per heavy atom. The smallest absolute Gasteiger partial charge is 0.269 e. The molecule has 0 heterocycles. The van der Waals surface area contributed by atoms with Crippen LogP contribution in [0.5, 0.6) is 0 Å². The first-order valence-electron chi connectivity index (χ1n) is 5.29.